The van der Waals surface area contributed by atoms with Gasteiger partial charge in [-0.25, -0.2) is 9.59 Å². The van der Waals surface area contributed by atoms with Crippen molar-refractivity contribution in [1.82, 2.24) is 0 Å². The zero-order chi connectivity index (χ0) is 16.7. The number of benzene rings is 1. The Hall–Kier alpha value is -2.54. The first-order chi connectivity index (χ1) is 11.1. The molecule has 23 heavy (non-hydrogen) atoms. The smallest absolute Gasteiger partial charge is 0.211 e. The summed E-state index contributed by atoms with van der Waals surface area (Å²) >= 11 is 0. The highest BCUT2D eigenvalue weighted by atomic mass is 16.1. The van der Waals surface area contributed by atoms with Gasteiger partial charge in [0, 0.05) is 12.3 Å². The van der Waals surface area contributed by atoms with Gasteiger partial charge in [-0.05, 0) is 29.6 Å². The number of allylic oxidation sites excluding steroid dienone is 2. The molecule has 0 saturated carbocycles. The molecule has 2 rings (SSSR count). The van der Waals surface area contributed by atoms with Gasteiger partial charge in [-0.1, -0.05) is 56.3 Å². The molecule has 1 aromatic rings. The van der Waals surface area contributed by atoms with Gasteiger partial charge in [0.15, 0.2) is 5.66 Å². The summed E-state index contributed by atoms with van der Waals surface area (Å²) in [4.78, 5) is 28.5. The maximum Gasteiger partial charge on any atom is 0.237 e. The Morgan fingerprint density at radius 3 is 2.26 bits per heavy atom. The lowest BCUT2D eigenvalue weighted by Crippen LogP contribution is -2.23. The Morgan fingerprint density at radius 1 is 1.13 bits per heavy atom. The van der Waals surface area contributed by atoms with E-state index in [2.05, 4.69) is 36.0 Å². The zero-order valence-electron chi connectivity index (χ0n) is 13.4. The minimum Gasteiger partial charge on any atom is -0.211 e. The average molecular weight is 308 g/mol. The van der Waals surface area contributed by atoms with Gasteiger partial charge in [0.1, 0.15) is 0 Å². The molecule has 0 saturated heterocycles. The van der Waals surface area contributed by atoms with Crippen LogP contribution in [0, 0.1) is 5.92 Å². The molecule has 1 aliphatic rings. The van der Waals surface area contributed by atoms with Crippen molar-refractivity contribution in [2.75, 3.05) is 0 Å². The zero-order valence-corrected chi connectivity index (χ0v) is 13.4. The summed E-state index contributed by atoms with van der Waals surface area (Å²) in [7, 11) is 0. The lowest BCUT2D eigenvalue weighted by molar-refractivity contribution is 0.504. The Kier molecular flexibility index (Phi) is 5.59. The van der Waals surface area contributed by atoms with E-state index in [0.717, 1.165) is 12.0 Å². The van der Waals surface area contributed by atoms with E-state index >= 15 is 0 Å². The van der Waals surface area contributed by atoms with Crippen LogP contribution in [-0.4, -0.2) is 17.8 Å². The van der Waals surface area contributed by atoms with E-state index in [0.29, 0.717) is 12.3 Å². The van der Waals surface area contributed by atoms with Gasteiger partial charge in [0.25, 0.3) is 0 Å². The van der Waals surface area contributed by atoms with Crippen molar-refractivity contribution >= 4 is 12.2 Å². The third-order valence-corrected chi connectivity index (χ3v) is 3.97. The summed E-state index contributed by atoms with van der Waals surface area (Å²) in [5.74, 6) is 0.813. The van der Waals surface area contributed by atoms with E-state index in [1.807, 2.05) is 30.4 Å². The monoisotopic (exact) mass is 308 g/mol. The Labute approximate surface area is 136 Å². The first-order valence-electron chi connectivity index (χ1n) is 7.72. The minimum atomic E-state index is -1.17. The van der Waals surface area contributed by atoms with Crippen LogP contribution in [0.5, 0.6) is 0 Å². The molecule has 0 fully saturated rings. The molecule has 0 spiro atoms. The van der Waals surface area contributed by atoms with E-state index in [9.17, 15) is 9.59 Å². The predicted octanol–water partition coefficient (Wildman–Crippen LogP) is 4.07. The van der Waals surface area contributed by atoms with Crippen LogP contribution in [0.2, 0.25) is 0 Å². The van der Waals surface area contributed by atoms with Crippen molar-refractivity contribution in [3.8, 4) is 0 Å². The highest BCUT2D eigenvalue weighted by Gasteiger charge is 2.29. The van der Waals surface area contributed by atoms with Crippen LogP contribution in [0.1, 0.15) is 38.2 Å². The van der Waals surface area contributed by atoms with Gasteiger partial charge in [-0.2, -0.15) is 9.98 Å². The molecule has 1 unspecified atom stereocenters. The molecule has 0 N–H and O–H groups in total. The number of hydrogen-bond acceptors (Lipinski definition) is 4. The molecule has 0 aromatic heterocycles. The largest absolute Gasteiger partial charge is 0.237 e. The number of carbonyl (C=O) groups excluding carboxylic acids is 2. The SMILES string of the molecule is CC(C)CC(C1=CCC(N=C=O)(N=C=O)C=C1)c1ccccc1. The van der Waals surface area contributed by atoms with Gasteiger partial charge >= 0.3 is 0 Å². The summed E-state index contributed by atoms with van der Waals surface area (Å²) in [5, 5.41) is 0. The van der Waals surface area contributed by atoms with E-state index in [1.165, 1.54) is 17.7 Å². The second kappa shape index (κ2) is 7.64. The van der Waals surface area contributed by atoms with E-state index in [4.69, 9.17) is 0 Å². The molecule has 0 aliphatic heterocycles. The van der Waals surface area contributed by atoms with Crippen LogP contribution in [0.15, 0.2) is 64.1 Å². The standard InChI is InChI=1S/C19H20N2O2/c1-15(2)12-18(16-6-4-3-5-7-16)17-8-10-19(11-9-17,20-13-22)21-14-23/h3-10,15,18H,11-12H2,1-2H3. The minimum absolute atomic E-state index is 0.269. The van der Waals surface area contributed by atoms with Crippen LogP contribution < -0.4 is 0 Å². The number of hydrogen-bond donors (Lipinski definition) is 0. The number of nitrogens with zero attached hydrogens (tertiary/aromatic N) is 2. The Bertz CT molecular complexity index is 673. The quantitative estimate of drug-likeness (QED) is 0.587. The maximum atomic E-state index is 10.6. The second-order valence-corrected chi connectivity index (χ2v) is 6.12. The van der Waals surface area contributed by atoms with Crippen molar-refractivity contribution in [2.45, 2.75) is 38.3 Å². The summed E-state index contributed by atoms with van der Waals surface area (Å²) in [5.41, 5.74) is 1.23. The van der Waals surface area contributed by atoms with Crippen molar-refractivity contribution in [3.05, 3.63) is 59.7 Å². The second-order valence-electron chi connectivity index (χ2n) is 6.12. The van der Waals surface area contributed by atoms with Gasteiger partial charge in [-0.15, -0.1) is 0 Å². The molecular weight excluding hydrogens is 288 g/mol. The summed E-state index contributed by atoms with van der Waals surface area (Å²) in [6.45, 7) is 4.39. The van der Waals surface area contributed by atoms with E-state index < -0.39 is 5.66 Å². The maximum absolute atomic E-state index is 10.6. The first-order valence-corrected chi connectivity index (χ1v) is 7.72. The highest BCUT2D eigenvalue weighted by Crippen LogP contribution is 2.36. The number of isocyanates is 2. The molecule has 1 aromatic carbocycles. The predicted molar refractivity (Wildman–Crippen MR) is 89.5 cm³/mol. The fourth-order valence-electron chi connectivity index (χ4n) is 2.86. The summed E-state index contributed by atoms with van der Waals surface area (Å²) in [6.07, 6.45) is 9.97. The molecule has 1 aliphatic carbocycles. The molecule has 118 valence electrons. The van der Waals surface area contributed by atoms with Crippen LogP contribution in [0.25, 0.3) is 0 Å². The summed E-state index contributed by atoms with van der Waals surface area (Å²) in [6, 6.07) is 10.3. The van der Waals surface area contributed by atoms with Crippen molar-refractivity contribution in [3.63, 3.8) is 0 Å². The normalized spacial score (nSPS) is 21.1. The third kappa shape index (κ3) is 4.23. The van der Waals surface area contributed by atoms with Crippen LogP contribution in [0.3, 0.4) is 0 Å². The van der Waals surface area contributed by atoms with Crippen LogP contribution >= 0.6 is 0 Å². The van der Waals surface area contributed by atoms with Crippen LogP contribution in [-0.2, 0) is 9.59 Å². The van der Waals surface area contributed by atoms with Crippen molar-refractivity contribution < 1.29 is 9.59 Å². The van der Waals surface area contributed by atoms with Crippen LogP contribution in [0.4, 0.5) is 0 Å². The number of rotatable bonds is 6. The van der Waals surface area contributed by atoms with Gasteiger partial charge in [0.2, 0.25) is 12.2 Å². The van der Waals surface area contributed by atoms with Gasteiger partial charge in [-0.3, -0.25) is 0 Å². The fourth-order valence-corrected chi connectivity index (χ4v) is 2.86. The Morgan fingerprint density at radius 2 is 1.78 bits per heavy atom. The van der Waals surface area contributed by atoms with Crippen molar-refractivity contribution in [2.24, 2.45) is 15.9 Å². The molecular formula is C19H20N2O2. The first kappa shape index (κ1) is 16.8. The molecule has 0 bridgehead atoms. The molecule has 1 atom stereocenters. The van der Waals surface area contributed by atoms with E-state index in [1.54, 1.807) is 6.08 Å². The third-order valence-electron chi connectivity index (χ3n) is 3.97. The molecule has 4 nitrogen and oxygen atoms in total. The highest BCUT2D eigenvalue weighted by molar-refractivity contribution is 5.45. The molecule has 0 amide bonds. The Balaban J connectivity index is 2.32. The lowest BCUT2D eigenvalue weighted by Gasteiger charge is -2.26. The molecule has 0 heterocycles. The molecule has 0 radical (unpaired) electrons. The van der Waals surface area contributed by atoms with E-state index in [-0.39, 0.29) is 5.92 Å². The summed E-state index contributed by atoms with van der Waals surface area (Å²) < 4.78 is 0. The topological polar surface area (TPSA) is 58.9 Å². The lowest BCUT2D eigenvalue weighted by atomic mass is 9.81. The average Bonchev–Trinajstić information content (AvgIpc) is 2.55. The van der Waals surface area contributed by atoms with Crippen molar-refractivity contribution in [1.29, 1.82) is 0 Å². The van der Waals surface area contributed by atoms with Gasteiger partial charge < -0.3 is 0 Å². The molecule has 4 heteroatoms. The fraction of sp³-hybridized carbons (Fsp3) is 0.368. The number of aliphatic imine (C=N–C) groups is 2. The van der Waals surface area contributed by atoms with Gasteiger partial charge in [0.05, 0.1) is 0 Å².